The van der Waals surface area contributed by atoms with Gasteiger partial charge in [-0.3, -0.25) is 5.84 Å². The van der Waals surface area contributed by atoms with Gasteiger partial charge in [0.15, 0.2) is 0 Å². The molecule has 0 aliphatic heterocycles. The number of fused-ring (bicyclic) bond motifs is 5. The second-order valence-electron chi connectivity index (χ2n) is 6.30. The molecule has 0 saturated heterocycles. The first-order chi connectivity index (χ1) is 9.60. The Bertz CT molecular complexity index is 612. The normalized spacial score (nSPS) is 37.8. The van der Waals surface area contributed by atoms with E-state index in [1.807, 2.05) is 0 Å². The highest BCUT2D eigenvalue weighted by atomic mass is 32.2. The summed E-state index contributed by atoms with van der Waals surface area (Å²) in [4.78, 5) is 0.314. The summed E-state index contributed by atoms with van der Waals surface area (Å²) >= 11 is 0. The van der Waals surface area contributed by atoms with Crippen LogP contribution in [0.15, 0.2) is 29.2 Å². The fourth-order valence-electron chi connectivity index (χ4n) is 4.46. The average Bonchev–Trinajstić information content (AvgIpc) is 2.86. The minimum atomic E-state index is -3.40. The number of hydrazine groups is 1. The zero-order valence-corrected chi connectivity index (χ0v) is 11.9. The molecule has 0 aromatic heterocycles. The Balaban J connectivity index is 1.50. The molecule has 4 N–H and O–H groups in total. The molecule has 20 heavy (non-hydrogen) atoms. The molecule has 0 spiro atoms. The van der Waals surface area contributed by atoms with Gasteiger partial charge in [0.1, 0.15) is 0 Å². The van der Waals surface area contributed by atoms with E-state index >= 15 is 0 Å². The van der Waals surface area contributed by atoms with E-state index in [1.165, 1.54) is 19.3 Å². The van der Waals surface area contributed by atoms with Crippen LogP contribution in [0.1, 0.15) is 19.3 Å². The van der Waals surface area contributed by atoms with Crippen LogP contribution in [-0.4, -0.2) is 14.5 Å². The van der Waals surface area contributed by atoms with Crippen molar-refractivity contribution in [1.29, 1.82) is 0 Å². The maximum absolute atomic E-state index is 12.4. The third-order valence-electron chi connectivity index (χ3n) is 5.36. The Kier molecular flexibility index (Phi) is 2.64. The van der Waals surface area contributed by atoms with E-state index in [9.17, 15) is 8.42 Å². The molecule has 1 aromatic carbocycles. The molecule has 6 heteroatoms. The van der Waals surface area contributed by atoms with Gasteiger partial charge in [0.05, 0.1) is 4.90 Å². The standard InChI is InChI=1S/C14H19N3O2S/c15-16-10-3-5-11(6-4-10)20(18,19)17-14-12-8-1-2-9(7-8)13(12)14/h3-6,8-9,12-14,16-17H,1-2,7,15H2. The van der Waals surface area contributed by atoms with Crippen molar-refractivity contribution < 1.29 is 8.42 Å². The highest BCUT2D eigenvalue weighted by Crippen LogP contribution is 2.65. The average molecular weight is 293 g/mol. The minimum absolute atomic E-state index is 0.179. The fraction of sp³-hybridized carbons (Fsp3) is 0.571. The number of rotatable bonds is 4. The van der Waals surface area contributed by atoms with Crippen LogP contribution in [0.5, 0.6) is 0 Å². The number of hydrogen-bond donors (Lipinski definition) is 3. The lowest BCUT2D eigenvalue weighted by Crippen LogP contribution is -2.30. The van der Waals surface area contributed by atoms with E-state index in [0.717, 1.165) is 11.8 Å². The Labute approximate surface area is 119 Å². The summed E-state index contributed by atoms with van der Waals surface area (Å²) in [7, 11) is -3.40. The summed E-state index contributed by atoms with van der Waals surface area (Å²) in [5.74, 6) is 8.02. The van der Waals surface area contributed by atoms with Gasteiger partial charge in [-0.15, -0.1) is 0 Å². The lowest BCUT2D eigenvalue weighted by molar-refractivity contribution is 0.456. The summed E-state index contributed by atoms with van der Waals surface area (Å²) in [6.07, 6.45) is 3.91. The number of anilines is 1. The van der Waals surface area contributed by atoms with Crippen LogP contribution >= 0.6 is 0 Å². The van der Waals surface area contributed by atoms with E-state index < -0.39 is 10.0 Å². The van der Waals surface area contributed by atoms with Crippen molar-refractivity contribution >= 4 is 15.7 Å². The van der Waals surface area contributed by atoms with Gasteiger partial charge in [-0.25, -0.2) is 13.1 Å². The molecular weight excluding hydrogens is 274 g/mol. The molecule has 2 bridgehead atoms. The zero-order chi connectivity index (χ0) is 13.9. The highest BCUT2D eigenvalue weighted by Gasteiger charge is 2.65. The van der Waals surface area contributed by atoms with Crippen molar-refractivity contribution in [2.75, 3.05) is 5.43 Å². The first-order valence-electron chi connectivity index (χ1n) is 7.19. The maximum atomic E-state index is 12.4. The summed E-state index contributed by atoms with van der Waals surface area (Å²) in [5.41, 5.74) is 3.20. The van der Waals surface area contributed by atoms with E-state index in [1.54, 1.807) is 24.3 Å². The second kappa shape index (κ2) is 4.19. The van der Waals surface area contributed by atoms with Crippen LogP contribution in [0.3, 0.4) is 0 Å². The molecule has 3 fully saturated rings. The quantitative estimate of drug-likeness (QED) is 0.577. The molecule has 0 heterocycles. The molecule has 1 aromatic rings. The summed E-state index contributed by atoms with van der Waals surface area (Å²) in [5, 5.41) is 0. The van der Waals surface area contributed by atoms with Gasteiger partial charge in [0.25, 0.3) is 0 Å². The van der Waals surface area contributed by atoms with Crippen molar-refractivity contribution in [3.05, 3.63) is 24.3 Å². The number of nitrogen functional groups attached to an aromatic ring is 1. The molecule has 108 valence electrons. The SMILES string of the molecule is NNc1ccc(S(=O)(=O)NC2C3C4CCC(C4)C23)cc1. The smallest absolute Gasteiger partial charge is 0.240 e. The second-order valence-corrected chi connectivity index (χ2v) is 8.02. The van der Waals surface area contributed by atoms with Gasteiger partial charge in [0, 0.05) is 11.7 Å². The molecule has 0 amide bonds. The van der Waals surface area contributed by atoms with Crippen molar-refractivity contribution in [3.8, 4) is 0 Å². The van der Waals surface area contributed by atoms with Crippen molar-refractivity contribution in [2.45, 2.75) is 30.2 Å². The van der Waals surface area contributed by atoms with Crippen molar-refractivity contribution in [1.82, 2.24) is 4.72 Å². The van der Waals surface area contributed by atoms with Gasteiger partial charge < -0.3 is 5.43 Å². The molecular formula is C14H19N3O2S. The van der Waals surface area contributed by atoms with Crippen LogP contribution in [-0.2, 0) is 10.0 Å². The first-order valence-corrected chi connectivity index (χ1v) is 8.67. The predicted molar refractivity (Wildman–Crippen MR) is 76.2 cm³/mol. The lowest BCUT2D eigenvalue weighted by atomic mass is 10.0. The third-order valence-corrected chi connectivity index (χ3v) is 6.83. The van der Waals surface area contributed by atoms with Crippen LogP contribution < -0.4 is 16.0 Å². The van der Waals surface area contributed by atoms with Gasteiger partial charge in [-0.05, 0) is 67.2 Å². The van der Waals surface area contributed by atoms with E-state index in [-0.39, 0.29) is 6.04 Å². The molecule has 4 unspecified atom stereocenters. The monoisotopic (exact) mass is 293 g/mol. The van der Waals surface area contributed by atoms with Crippen LogP contribution in [0, 0.1) is 23.7 Å². The topological polar surface area (TPSA) is 84.2 Å². The Hall–Kier alpha value is -1.11. The van der Waals surface area contributed by atoms with Gasteiger partial charge in [-0.1, -0.05) is 0 Å². The van der Waals surface area contributed by atoms with Crippen molar-refractivity contribution in [3.63, 3.8) is 0 Å². The molecule has 3 aliphatic carbocycles. The summed E-state index contributed by atoms with van der Waals surface area (Å²) in [6.45, 7) is 0. The highest BCUT2D eigenvalue weighted by molar-refractivity contribution is 7.89. The Morgan fingerprint density at radius 2 is 1.65 bits per heavy atom. The van der Waals surface area contributed by atoms with Gasteiger partial charge >= 0.3 is 0 Å². The largest absolute Gasteiger partial charge is 0.324 e. The fourth-order valence-corrected chi connectivity index (χ4v) is 5.76. The minimum Gasteiger partial charge on any atom is -0.324 e. The summed E-state index contributed by atoms with van der Waals surface area (Å²) in [6, 6.07) is 6.70. The Morgan fingerprint density at radius 1 is 1.05 bits per heavy atom. The molecule has 4 rings (SSSR count). The van der Waals surface area contributed by atoms with Crippen molar-refractivity contribution in [2.24, 2.45) is 29.5 Å². The number of nitrogens with one attached hydrogen (secondary N) is 2. The maximum Gasteiger partial charge on any atom is 0.240 e. The molecule has 5 nitrogen and oxygen atoms in total. The molecule has 0 radical (unpaired) electrons. The number of nitrogens with two attached hydrogens (primary N) is 1. The molecule has 3 aliphatic rings. The number of hydrogen-bond acceptors (Lipinski definition) is 4. The van der Waals surface area contributed by atoms with Crippen LogP contribution in [0.2, 0.25) is 0 Å². The van der Waals surface area contributed by atoms with Gasteiger partial charge in [-0.2, -0.15) is 0 Å². The summed E-state index contributed by atoms with van der Waals surface area (Å²) < 4.78 is 27.7. The predicted octanol–water partition coefficient (Wildman–Crippen LogP) is 1.29. The molecule has 4 atom stereocenters. The molecule has 3 saturated carbocycles. The van der Waals surface area contributed by atoms with E-state index in [4.69, 9.17) is 5.84 Å². The van der Waals surface area contributed by atoms with Crippen LogP contribution in [0.4, 0.5) is 5.69 Å². The first kappa shape index (κ1) is 12.6. The van der Waals surface area contributed by atoms with E-state index in [2.05, 4.69) is 10.1 Å². The van der Waals surface area contributed by atoms with E-state index in [0.29, 0.717) is 22.4 Å². The zero-order valence-electron chi connectivity index (χ0n) is 11.1. The third kappa shape index (κ3) is 1.78. The van der Waals surface area contributed by atoms with Gasteiger partial charge in [0.2, 0.25) is 10.0 Å². The Morgan fingerprint density at radius 3 is 2.20 bits per heavy atom. The number of sulfonamides is 1. The van der Waals surface area contributed by atoms with Crippen LogP contribution in [0.25, 0.3) is 0 Å². The number of benzene rings is 1. The lowest BCUT2D eigenvalue weighted by Gasteiger charge is -2.11.